The number of halogens is 6. The average Bonchev–Trinajstić information content (AvgIpc) is 3.21. The number of anilines is 1. The highest BCUT2D eigenvalue weighted by Crippen LogP contribution is 2.49. The minimum atomic E-state index is -5.60. The molecule has 19 heteroatoms. The SMILES string of the molecule is CC(=O)Nc1ccn([C@@H]2O[C@@H]3CO[Si](C(C)C)(C(C)C)O[Si](C(C)C)(C(C)C)O[C@@H]3C2OCOCC(C(F)(F)F)C(F)(F)F)c(=O)n1. The van der Waals surface area contributed by atoms with E-state index in [0.29, 0.717) is 0 Å². The molecule has 0 radical (unpaired) electrons. The third kappa shape index (κ3) is 8.65. The van der Waals surface area contributed by atoms with Crippen molar-refractivity contribution in [2.45, 2.75) is 121 Å². The Morgan fingerprint density at radius 1 is 1.00 bits per heavy atom. The van der Waals surface area contributed by atoms with E-state index in [0.717, 1.165) is 4.57 Å². The molecule has 2 aliphatic heterocycles. The highest BCUT2D eigenvalue weighted by atomic mass is 28.5. The fourth-order valence-electron chi connectivity index (χ4n) is 6.05. The van der Waals surface area contributed by atoms with Crippen molar-refractivity contribution < 1.29 is 58.3 Å². The van der Waals surface area contributed by atoms with Crippen LogP contribution in [0.15, 0.2) is 17.1 Å². The number of carbonyl (C=O) groups excluding carboxylic acids is 1. The number of nitrogens with zero attached hydrogens (tertiary/aromatic N) is 2. The molecular weight excluding hydrogens is 676 g/mol. The van der Waals surface area contributed by atoms with Crippen molar-refractivity contribution in [3.8, 4) is 0 Å². The van der Waals surface area contributed by atoms with Gasteiger partial charge in [-0.15, -0.1) is 0 Å². The lowest BCUT2D eigenvalue weighted by atomic mass is 10.1. The van der Waals surface area contributed by atoms with E-state index in [-0.39, 0.29) is 34.6 Å². The number of rotatable bonds is 11. The predicted octanol–water partition coefficient (Wildman–Crippen LogP) is 6.16. The maximum absolute atomic E-state index is 13.2. The van der Waals surface area contributed by atoms with Gasteiger partial charge in [0.1, 0.15) is 30.9 Å². The highest BCUT2D eigenvalue weighted by Gasteiger charge is 2.62. The van der Waals surface area contributed by atoms with Gasteiger partial charge in [0.2, 0.25) is 5.91 Å². The molecular formula is C28H45F6N3O8Si2. The van der Waals surface area contributed by atoms with Gasteiger partial charge in [-0.1, -0.05) is 55.4 Å². The molecule has 1 unspecified atom stereocenters. The van der Waals surface area contributed by atoms with Crippen LogP contribution in [0.1, 0.15) is 68.5 Å². The highest BCUT2D eigenvalue weighted by molar-refractivity contribution is 6.84. The van der Waals surface area contributed by atoms with E-state index in [1.807, 2.05) is 55.4 Å². The lowest BCUT2D eigenvalue weighted by Crippen LogP contribution is -2.66. The number of hydrogen-bond donors (Lipinski definition) is 1. The van der Waals surface area contributed by atoms with Crippen LogP contribution in [0, 0.1) is 5.92 Å². The normalized spacial score (nSPS) is 25.0. The Bertz CT molecular complexity index is 1250. The van der Waals surface area contributed by atoms with Gasteiger partial charge in [-0.25, -0.2) is 4.79 Å². The first-order valence-electron chi connectivity index (χ1n) is 15.4. The van der Waals surface area contributed by atoms with Crippen molar-refractivity contribution in [3.63, 3.8) is 0 Å². The first-order valence-corrected chi connectivity index (χ1v) is 19.4. The molecule has 0 aromatic carbocycles. The summed E-state index contributed by atoms with van der Waals surface area (Å²) < 4.78 is 118. The lowest BCUT2D eigenvalue weighted by Gasteiger charge is -2.51. The minimum Gasteiger partial charge on any atom is -0.414 e. The zero-order chi connectivity index (χ0) is 35.7. The summed E-state index contributed by atoms with van der Waals surface area (Å²) in [6.45, 7) is 14.3. The zero-order valence-electron chi connectivity index (χ0n) is 27.9. The maximum Gasteiger partial charge on any atom is 0.402 e. The fourth-order valence-corrected chi connectivity index (χ4v) is 17.3. The van der Waals surface area contributed by atoms with Crippen LogP contribution in [0.3, 0.4) is 0 Å². The van der Waals surface area contributed by atoms with Gasteiger partial charge in [0.15, 0.2) is 12.1 Å². The molecule has 4 atom stereocenters. The Morgan fingerprint density at radius 2 is 1.55 bits per heavy atom. The Hall–Kier alpha value is -1.88. The van der Waals surface area contributed by atoms with Crippen LogP contribution in [0.4, 0.5) is 32.2 Å². The minimum absolute atomic E-state index is 0.00646. The van der Waals surface area contributed by atoms with Crippen LogP contribution in [-0.2, 0) is 32.0 Å². The fraction of sp³-hybridized carbons (Fsp3) is 0.821. The molecule has 0 aliphatic carbocycles. The summed E-state index contributed by atoms with van der Waals surface area (Å²) in [7, 11) is -6.33. The summed E-state index contributed by atoms with van der Waals surface area (Å²) in [6, 6.07) is 1.33. The number of alkyl halides is 6. The van der Waals surface area contributed by atoms with E-state index >= 15 is 0 Å². The molecule has 0 saturated carbocycles. The van der Waals surface area contributed by atoms with Crippen LogP contribution < -0.4 is 11.0 Å². The second kappa shape index (κ2) is 14.9. The summed E-state index contributed by atoms with van der Waals surface area (Å²) in [5.41, 5.74) is -1.18. The van der Waals surface area contributed by atoms with Crippen LogP contribution in [-0.4, -0.2) is 83.3 Å². The smallest absolute Gasteiger partial charge is 0.402 e. The topological polar surface area (TPSA) is 119 Å². The largest absolute Gasteiger partial charge is 0.414 e. The quantitative estimate of drug-likeness (QED) is 0.124. The average molecular weight is 722 g/mol. The number of carbonyl (C=O) groups is 1. The Labute approximate surface area is 272 Å². The Balaban J connectivity index is 2.07. The van der Waals surface area contributed by atoms with Crippen molar-refractivity contribution in [1.29, 1.82) is 0 Å². The molecule has 270 valence electrons. The molecule has 1 N–H and O–H groups in total. The summed E-state index contributed by atoms with van der Waals surface area (Å²) in [5, 5.41) is 2.39. The molecule has 1 aromatic heterocycles. The van der Waals surface area contributed by atoms with Crippen molar-refractivity contribution in [3.05, 3.63) is 22.7 Å². The van der Waals surface area contributed by atoms with Gasteiger partial charge in [-0.3, -0.25) is 9.36 Å². The summed E-state index contributed by atoms with van der Waals surface area (Å²) >= 11 is 0. The maximum atomic E-state index is 13.2. The molecule has 3 rings (SSSR count). The van der Waals surface area contributed by atoms with Crippen molar-refractivity contribution in [2.24, 2.45) is 5.92 Å². The standard InChI is InChI=1S/C28H45F6N3O8Si2/c1-15(2)46(16(3)4)42-12-20-23(44-47(45-46,17(5)6)18(7)8)24(41-14-40-13-21(27(29,30)31)28(32,33)34)25(43-20)37-11-10-22(35-19(9)38)36-26(37)39/h10-11,15-18,20-21,23-25H,12-14H2,1-9H3,(H,35,36,38,39)/t20-,23+,24?,25-/m1/s1. The van der Waals surface area contributed by atoms with Gasteiger partial charge < -0.3 is 32.5 Å². The van der Waals surface area contributed by atoms with Gasteiger partial charge in [0.05, 0.1) is 13.2 Å². The van der Waals surface area contributed by atoms with Crippen LogP contribution in [0.2, 0.25) is 22.2 Å². The van der Waals surface area contributed by atoms with Gasteiger partial charge in [-0.05, 0) is 28.2 Å². The van der Waals surface area contributed by atoms with Crippen molar-refractivity contribution >= 4 is 28.8 Å². The van der Waals surface area contributed by atoms with E-state index < -0.39 is 84.9 Å². The van der Waals surface area contributed by atoms with E-state index in [1.54, 1.807) is 0 Å². The molecule has 1 aromatic rings. The third-order valence-electron chi connectivity index (χ3n) is 8.44. The Kier molecular flexibility index (Phi) is 12.6. The molecule has 2 fully saturated rings. The summed E-state index contributed by atoms with van der Waals surface area (Å²) in [4.78, 5) is 28.5. The van der Waals surface area contributed by atoms with Crippen LogP contribution >= 0.6 is 0 Å². The van der Waals surface area contributed by atoms with Gasteiger partial charge in [-0.2, -0.15) is 31.3 Å². The summed E-state index contributed by atoms with van der Waals surface area (Å²) in [5.74, 6) is -4.25. The molecule has 0 spiro atoms. The van der Waals surface area contributed by atoms with Gasteiger partial charge in [0, 0.05) is 13.1 Å². The Morgan fingerprint density at radius 3 is 2.02 bits per heavy atom. The van der Waals surface area contributed by atoms with Crippen LogP contribution in [0.25, 0.3) is 0 Å². The number of hydrogen-bond acceptors (Lipinski definition) is 9. The number of ether oxygens (including phenoxy) is 3. The molecule has 2 aliphatic rings. The number of nitrogens with one attached hydrogen (secondary N) is 1. The second-order valence-corrected chi connectivity index (χ2v) is 21.9. The predicted molar refractivity (Wildman–Crippen MR) is 162 cm³/mol. The lowest BCUT2D eigenvalue weighted by molar-refractivity contribution is -0.299. The van der Waals surface area contributed by atoms with Gasteiger partial charge >= 0.3 is 35.2 Å². The third-order valence-corrected chi connectivity index (χ3v) is 18.7. The van der Waals surface area contributed by atoms with E-state index in [9.17, 15) is 35.9 Å². The monoisotopic (exact) mass is 721 g/mol. The summed E-state index contributed by atoms with van der Waals surface area (Å²) in [6.07, 6.45) is -14.4. The number of aromatic nitrogens is 2. The number of amides is 1. The molecule has 2 saturated heterocycles. The molecule has 3 heterocycles. The van der Waals surface area contributed by atoms with Crippen LogP contribution in [0.5, 0.6) is 0 Å². The van der Waals surface area contributed by atoms with E-state index in [1.165, 1.54) is 19.2 Å². The molecule has 1 amide bonds. The first-order chi connectivity index (χ1) is 21.6. The van der Waals surface area contributed by atoms with E-state index in [2.05, 4.69) is 10.3 Å². The molecule has 11 nitrogen and oxygen atoms in total. The molecule has 0 bridgehead atoms. The van der Waals surface area contributed by atoms with Gasteiger partial charge in [0.25, 0.3) is 0 Å². The number of fused-ring (bicyclic) bond motifs is 1. The molecule has 47 heavy (non-hydrogen) atoms. The van der Waals surface area contributed by atoms with E-state index in [4.69, 9.17) is 27.2 Å². The second-order valence-electron chi connectivity index (χ2n) is 13.1. The van der Waals surface area contributed by atoms with Crippen molar-refractivity contribution in [2.75, 3.05) is 25.3 Å². The zero-order valence-corrected chi connectivity index (χ0v) is 29.9. The van der Waals surface area contributed by atoms with Crippen molar-refractivity contribution in [1.82, 2.24) is 9.55 Å². The first kappa shape index (κ1) is 39.6.